The second kappa shape index (κ2) is 8.64. The van der Waals surface area contributed by atoms with E-state index in [-0.39, 0.29) is 17.2 Å². The number of carbonyl (C=O) groups is 2. The smallest absolute Gasteiger partial charge is 0.407 e. The average molecular weight is 366 g/mol. The Hall–Kier alpha value is -2.64. The number of nitro benzene ring substituents is 1. The van der Waals surface area contributed by atoms with Crippen molar-refractivity contribution in [1.82, 2.24) is 5.32 Å². The molecule has 1 N–H and O–H groups in total. The number of rotatable bonds is 6. The summed E-state index contributed by atoms with van der Waals surface area (Å²) in [5, 5.41) is 13.3. The van der Waals surface area contributed by atoms with Crippen molar-refractivity contribution in [2.75, 3.05) is 0 Å². The fraction of sp³-hybridized carbons (Fsp3) is 0.556. The predicted octanol–water partition coefficient (Wildman–Crippen LogP) is 3.69. The summed E-state index contributed by atoms with van der Waals surface area (Å²) >= 11 is 0. The highest BCUT2D eigenvalue weighted by molar-refractivity contribution is 5.89. The molecule has 1 aromatic rings. The van der Waals surface area contributed by atoms with Crippen LogP contribution < -0.4 is 5.32 Å². The van der Waals surface area contributed by atoms with Crippen molar-refractivity contribution in [3.8, 4) is 0 Å². The molecule has 0 aliphatic heterocycles. The summed E-state index contributed by atoms with van der Waals surface area (Å²) in [6.45, 7) is 10.7. The predicted molar refractivity (Wildman–Crippen MR) is 96.0 cm³/mol. The largest absolute Gasteiger partial charge is 0.456 e. The van der Waals surface area contributed by atoms with E-state index in [0.29, 0.717) is 0 Å². The quantitative estimate of drug-likeness (QED) is 0.467. The standard InChI is InChI=1S/C18H26N2O6/c1-11(2)15(12(3)19-17(22)26-18(4,5)6)25-16(21)13-7-9-14(10-8-13)20(23)24/h7-12,15H,1-6H3,(H,19,22). The van der Waals surface area contributed by atoms with Gasteiger partial charge in [0.2, 0.25) is 0 Å². The highest BCUT2D eigenvalue weighted by Gasteiger charge is 2.28. The zero-order chi connectivity index (χ0) is 20.1. The fourth-order valence-corrected chi connectivity index (χ4v) is 2.30. The monoisotopic (exact) mass is 366 g/mol. The Labute approximate surface area is 153 Å². The molecular formula is C18H26N2O6. The zero-order valence-corrected chi connectivity index (χ0v) is 15.9. The molecule has 2 unspecified atom stereocenters. The molecule has 1 amide bonds. The van der Waals surface area contributed by atoms with Crippen molar-refractivity contribution < 1.29 is 24.0 Å². The second-order valence-corrected chi connectivity index (χ2v) is 7.35. The van der Waals surface area contributed by atoms with Crippen LogP contribution in [0.25, 0.3) is 0 Å². The number of amides is 1. The molecule has 0 heterocycles. The van der Waals surface area contributed by atoms with Gasteiger partial charge in [0, 0.05) is 12.1 Å². The third-order valence-corrected chi connectivity index (χ3v) is 3.45. The topological polar surface area (TPSA) is 108 Å². The summed E-state index contributed by atoms with van der Waals surface area (Å²) in [5.74, 6) is -0.682. The minimum atomic E-state index is -0.632. The van der Waals surface area contributed by atoms with Crippen molar-refractivity contribution in [1.29, 1.82) is 0 Å². The van der Waals surface area contributed by atoms with Gasteiger partial charge in [0.25, 0.3) is 5.69 Å². The zero-order valence-electron chi connectivity index (χ0n) is 15.9. The van der Waals surface area contributed by atoms with Gasteiger partial charge in [-0.25, -0.2) is 9.59 Å². The summed E-state index contributed by atoms with van der Waals surface area (Å²) < 4.78 is 10.7. The molecule has 1 rings (SSSR count). The number of nitrogens with zero attached hydrogens (tertiary/aromatic N) is 1. The Morgan fingerprint density at radius 1 is 1.12 bits per heavy atom. The van der Waals surface area contributed by atoms with Crippen molar-refractivity contribution in [3.05, 3.63) is 39.9 Å². The van der Waals surface area contributed by atoms with E-state index < -0.39 is 34.7 Å². The lowest BCUT2D eigenvalue weighted by atomic mass is 10.0. The molecule has 0 aliphatic rings. The van der Waals surface area contributed by atoms with Crippen LogP contribution in [0.2, 0.25) is 0 Å². The molecular weight excluding hydrogens is 340 g/mol. The van der Waals surface area contributed by atoms with E-state index in [1.807, 2.05) is 13.8 Å². The molecule has 0 saturated carbocycles. The first-order valence-electron chi connectivity index (χ1n) is 8.35. The lowest BCUT2D eigenvalue weighted by Crippen LogP contribution is -2.47. The number of nitro groups is 1. The van der Waals surface area contributed by atoms with Gasteiger partial charge in [-0.05, 0) is 45.7 Å². The van der Waals surface area contributed by atoms with E-state index in [1.165, 1.54) is 24.3 Å². The molecule has 144 valence electrons. The van der Waals surface area contributed by atoms with E-state index in [4.69, 9.17) is 9.47 Å². The summed E-state index contributed by atoms with van der Waals surface area (Å²) in [5.41, 5.74) is -0.542. The van der Waals surface area contributed by atoms with Crippen molar-refractivity contribution in [2.45, 2.75) is 59.3 Å². The number of benzene rings is 1. The van der Waals surface area contributed by atoms with Crippen molar-refractivity contribution in [3.63, 3.8) is 0 Å². The van der Waals surface area contributed by atoms with E-state index in [1.54, 1.807) is 27.7 Å². The maximum Gasteiger partial charge on any atom is 0.407 e. The number of hydrogen-bond donors (Lipinski definition) is 1. The summed E-state index contributed by atoms with van der Waals surface area (Å²) in [6, 6.07) is 4.67. The Morgan fingerprint density at radius 2 is 1.65 bits per heavy atom. The number of nitrogens with one attached hydrogen (secondary N) is 1. The van der Waals surface area contributed by atoms with Crippen LogP contribution in [-0.4, -0.2) is 34.7 Å². The third kappa shape index (κ3) is 6.70. The van der Waals surface area contributed by atoms with Gasteiger partial charge in [0.1, 0.15) is 11.7 Å². The normalized spacial score (nSPS) is 13.7. The average Bonchev–Trinajstić information content (AvgIpc) is 2.49. The molecule has 2 atom stereocenters. The Balaban J connectivity index is 2.79. The number of ether oxygens (including phenoxy) is 2. The summed E-state index contributed by atoms with van der Waals surface area (Å²) in [4.78, 5) is 34.4. The van der Waals surface area contributed by atoms with E-state index in [2.05, 4.69) is 5.32 Å². The van der Waals surface area contributed by atoms with Crippen LogP contribution in [-0.2, 0) is 9.47 Å². The molecule has 0 aliphatic carbocycles. The highest BCUT2D eigenvalue weighted by atomic mass is 16.6. The summed E-state index contributed by atoms with van der Waals surface area (Å²) in [6.07, 6.45) is -1.19. The maximum absolute atomic E-state index is 12.3. The first-order valence-corrected chi connectivity index (χ1v) is 8.35. The molecule has 0 saturated heterocycles. The molecule has 0 aromatic heterocycles. The van der Waals surface area contributed by atoms with E-state index in [0.717, 1.165) is 0 Å². The third-order valence-electron chi connectivity index (χ3n) is 3.45. The van der Waals surface area contributed by atoms with Gasteiger partial charge < -0.3 is 14.8 Å². The molecule has 8 heteroatoms. The van der Waals surface area contributed by atoms with Gasteiger partial charge in [-0.15, -0.1) is 0 Å². The number of non-ortho nitro benzene ring substituents is 1. The Bertz CT molecular complexity index is 649. The lowest BCUT2D eigenvalue weighted by molar-refractivity contribution is -0.384. The van der Waals surface area contributed by atoms with Crippen LogP contribution in [0.5, 0.6) is 0 Å². The van der Waals surface area contributed by atoms with Crippen molar-refractivity contribution in [2.24, 2.45) is 5.92 Å². The Morgan fingerprint density at radius 3 is 2.08 bits per heavy atom. The van der Waals surface area contributed by atoms with Crippen LogP contribution in [0.3, 0.4) is 0 Å². The van der Waals surface area contributed by atoms with Gasteiger partial charge in [0.05, 0.1) is 16.5 Å². The van der Waals surface area contributed by atoms with Crippen molar-refractivity contribution >= 4 is 17.7 Å². The van der Waals surface area contributed by atoms with Gasteiger partial charge in [0.15, 0.2) is 0 Å². The van der Waals surface area contributed by atoms with Crippen LogP contribution >= 0.6 is 0 Å². The first-order chi connectivity index (χ1) is 11.9. The van der Waals surface area contributed by atoms with Crippen LogP contribution in [0.1, 0.15) is 51.9 Å². The lowest BCUT2D eigenvalue weighted by Gasteiger charge is -2.29. The summed E-state index contributed by atoms with van der Waals surface area (Å²) in [7, 11) is 0. The van der Waals surface area contributed by atoms with Gasteiger partial charge >= 0.3 is 12.1 Å². The molecule has 1 aromatic carbocycles. The molecule has 0 spiro atoms. The van der Waals surface area contributed by atoms with Crippen LogP contribution in [0.4, 0.5) is 10.5 Å². The van der Waals surface area contributed by atoms with Crippen LogP contribution in [0.15, 0.2) is 24.3 Å². The first kappa shape index (κ1) is 21.4. The van der Waals surface area contributed by atoms with Gasteiger partial charge in [-0.3, -0.25) is 10.1 Å². The SMILES string of the molecule is CC(C)C(OC(=O)c1ccc([N+](=O)[O-])cc1)C(C)NC(=O)OC(C)(C)C. The number of carbonyl (C=O) groups excluding carboxylic acids is 2. The minimum absolute atomic E-state index is 0.0677. The number of esters is 1. The molecule has 8 nitrogen and oxygen atoms in total. The number of alkyl carbamates (subject to hydrolysis) is 1. The molecule has 26 heavy (non-hydrogen) atoms. The fourth-order valence-electron chi connectivity index (χ4n) is 2.30. The van der Waals surface area contributed by atoms with Gasteiger partial charge in [-0.2, -0.15) is 0 Å². The van der Waals surface area contributed by atoms with Gasteiger partial charge in [-0.1, -0.05) is 13.8 Å². The second-order valence-electron chi connectivity index (χ2n) is 7.35. The minimum Gasteiger partial charge on any atom is -0.456 e. The molecule has 0 radical (unpaired) electrons. The molecule has 0 fully saturated rings. The maximum atomic E-state index is 12.3. The van der Waals surface area contributed by atoms with Crippen LogP contribution in [0, 0.1) is 16.0 Å². The van der Waals surface area contributed by atoms with E-state index >= 15 is 0 Å². The number of hydrogen-bond acceptors (Lipinski definition) is 6. The highest BCUT2D eigenvalue weighted by Crippen LogP contribution is 2.17. The van der Waals surface area contributed by atoms with E-state index in [9.17, 15) is 19.7 Å². The molecule has 0 bridgehead atoms. The Kier molecular flexibility index (Phi) is 7.11.